The molecule has 1 saturated carbocycles. The molecule has 0 heterocycles. The summed E-state index contributed by atoms with van der Waals surface area (Å²) in [5, 5.41) is 0.325. The van der Waals surface area contributed by atoms with Gasteiger partial charge in [-0.25, -0.2) is 13.1 Å². The molecule has 0 spiro atoms. The van der Waals surface area contributed by atoms with Crippen molar-refractivity contribution in [3.8, 4) is 0 Å². The third-order valence-electron chi connectivity index (χ3n) is 5.45. The van der Waals surface area contributed by atoms with Gasteiger partial charge >= 0.3 is 0 Å². The number of rotatable bonds is 4. The Hall–Kier alpha value is -0.780. The SMILES string of the molecule is Cc1c(N)cc(Cl)cc1S(=O)(=O)NCC1C(C)(C)C1(C)C. The van der Waals surface area contributed by atoms with E-state index in [1.54, 1.807) is 13.0 Å². The van der Waals surface area contributed by atoms with Gasteiger partial charge in [-0.1, -0.05) is 39.3 Å². The highest BCUT2D eigenvalue weighted by Gasteiger charge is 2.64. The van der Waals surface area contributed by atoms with Crippen LogP contribution in [-0.4, -0.2) is 15.0 Å². The van der Waals surface area contributed by atoms with Crippen molar-refractivity contribution in [3.63, 3.8) is 0 Å². The minimum absolute atomic E-state index is 0.137. The summed E-state index contributed by atoms with van der Waals surface area (Å²) in [5.41, 5.74) is 6.98. The lowest BCUT2D eigenvalue weighted by Crippen LogP contribution is -2.28. The van der Waals surface area contributed by atoms with E-state index in [1.807, 2.05) is 0 Å². The molecule has 0 aromatic heterocycles. The average Bonchev–Trinajstić information content (AvgIpc) is 2.71. The quantitative estimate of drug-likeness (QED) is 0.833. The fraction of sp³-hybridized carbons (Fsp3) is 0.600. The van der Waals surface area contributed by atoms with Crippen molar-refractivity contribution in [1.82, 2.24) is 4.72 Å². The van der Waals surface area contributed by atoms with Crippen molar-refractivity contribution in [2.45, 2.75) is 39.5 Å². The molecule has 118 valence electrons. The van der Waals surface area contributed by atoms with Crippen molar-refractivity contribution >= 4 is 27.3 Å². The van der Waals surface area contributed by atoms with Gasteiger partial charge in [-0.15, -0.1) is 0 Å². The summed E-state index contributed by atoms with van der Waals surface area (Å²) >= 11 is 5.92. The number of nitrogens with two attached hydrogens (primary N) is 1. The molecular weight excluding hydrogens is 308 g/mol. The molecule has 0 atom stereocenters. The van der Waals surface area contributed by atoms with Crippen LogP contribution in [0.3, 0.4) is 0 Å². The van der Waals surface area contributed by atoms with Crippen molar-refractivity contribution in [2.75, 3.05) is 12.3 Å². The number of hydrogen-bond donors (Lipinski definition) is 2. The number of halogens is 1. The highest BCUT2D eigenvalue weighted by atomic mass is 35.5. The molecule has 1 fully saturated rings. The van der Waals surface area contributed by atoms with Gasteiger partial charge in [0.2, 0.25) is 10.0 Å². The standard InChI is InChI=1S/C15H23ClN2O2S/c1-9-11(17)6-10(16)7-12(9)21(19,20)18-8-13-14(2,3)15(13,4)5/h6-7,13,18H,8,17H2,1-5H3. The van der Waals surface area contributed by atoms with Crippen LogP contribution in [0.4, 0.5) is 5.69 Å². The second kappa shape index (κ2) is 4.86. The summed E-state index contributed by atoms with van der Waals surface area (Å²) in [7, 11) is -3.61. The van der Waals surface area contributed by atoms with Gasteiger partial charge in [-0.2, -0.15) is 0 Å². The van der Waals surface area contributed by atoms with E-state index in [9.17, 15) is 8.42 Å². The normalized spacial score (nSPS) is 20.5. The van der Waals surface area contributed by atoms with Crippen LogP contribution in [-0.2, 0) is 10.0 Å². The third-order valence-corrected chi connectivity index (χ3v) is 7.22. The second-order valence-corrected chi connectivity index (χ2v) is 9.14. The Labute approximate surface area is 132 Å². The molecule has 3 N–H and O–H groups in total. The van der Waals surface area contributed by atoms with E-state index >= 15 is 0 Å². The van der Waals surface area contributed by atoms with E-state index in [4.69, 9.17) is 17.3 Å². The van der Waals surface area contributed by atoms with Crippen molar-refractivity contribution < 1.29 is 8.42 Å². The average molecular weight is 331 g/mol. The number of anilines is 1. The van der Waals surface area contributed by atoms with Gasteiger partial charge in [0.05, 0.1) is 4.90 Å². The van der Waals surface area contributed by atoms with Gasteiger partial charge in [0.25, 0.3) is 0 Å². The summed E-state index contributed by atoms with van der Waals surface area (Å²) in [4.78, 5) is 0.156. The first kappa shape index (κ1) is 16.6. The molecule has 4 nitrogen and oxygen atoms in total. The maximum atomic E-state index is 12.5. The highest BCUT2D eigenvalue weighted by Crippen LogP contribution is 2.68. The lowest BCUT2D eigenvalue weighted by Gasteiger charge is -2.12. The molecule has 0 aliphatic heterocycles. The first-order valence-electron chi connectivity index (χ1n) is 6.96. The summed E-state index contributed by atoms with van der Waals surface area (Å²) in [5.74, 6) is 0.316. The van der Waals surface area contributed by atoms with E-state index in [2.05, 4.69) is 32.4 Å². The molecule has 21 heavy (non-hydrogen) atoms. The van der Waals surface area contributed by atoms with Crippen LogP contribution in [0.25, 0.3) is 0 Å². The Kier molecular flexibility index (Phi) is 3.84. The van der Waals surface area contributed by atoms with Gasteiger partial charge in [-0.05, 0) is 41.4 Å². The van der Waals surface area contributed by atoms with Crippen LogP contribution in [0.1, 0.15) is 33.3 Å². The number of sulfonamides is 1. The van der Waals surface area contributed by atoms with E-state index in [1.165, 1.54) is 6.07 Å². The molecule has 0 radical (unpaired) electrons. The predicted octanol–water partition coefficient (Wildman–Crippen LogP) is 3.19. The van der Waals surface area contributed by atoms with E-state index in [0.717, 1.165) is 0 Å². The minimum Gasteiger partial charge on any atom is -0.398 e. The Morgan fingerprint density at radius 1 is 1.24 bits per heavy atom. The largest absolute Gasteiger partial charge is 0.398 e. The topological polar surface area (TPSA) is 72.2 Å². The molecule has 1 aromatic carbocycles. The molecule has 0 amide bonds. The fourth-order valence-electron chi connectivity index (χ4n) is 3.07. The molecule has 1 aliphatic rings. The molecule has 6 heteroatoms. The van der Waals surface area contributed by atoms with Crippen LogP contribution in [0.15, 0.2) is 17.0 Å². The first-order valence-corrected chi connectivity index (χ1v) is 8.82. The molecule has 0 bridgehead atoms. The van der Waals surface area contributed by atoms with E-state index in [-0.39, 0.29) is 15.7 Å². The minimum atomic E-state index is -3.61. The number of nitrogens with one attached hydrogen (secondary N) is 1. The summed E-state index contributed by atoms with van der Waals surface area (Å²) in [6, 6.07) is 3.00. The molecule has 0 saturated heterocycles. The number of nitrogen functional groups attached to an aromatic ring is 1. The zero-order chi connectivity index (χ0) is 16.2. The van der Waals surface area contributed by atoms with Gasteiger partial charge in [0, 0.05) is 17.3 Å². The Morgan fingerprint density at radius 3 is 2.24 bits per heavy atom. The van der Waals surface area contributed by atoms with E-state index in [0.29, 0.717) is 28.7 Å². The summed E-state index contributed by atoms with van der Waals surface area (Å²) < 4.78 is 27.7. The summed E-state index contributed by atoms with van der Waals surface area (Å²) in [6.07, 6.45) is 0. The van der Waals surface area contributed by atoms with Gasteiger partial charge in [-0.3, -0.25) is 0 Å². The number of hydrogen-bond acceptors (Lipinski definition) is 3. The van der Waals surface area contributed by atoms with Gasteiger partial charge in [0.1, 0.15) is 0 Å². The molecule has 2 rings (SSSR count). The maximum absolute atomic E-state index is 12.5. The zero-order valence-electron chi connectivity index (χ0n) is 13.1. The third kappa shape index (κ3) is 2.67. The van der Waals surface area contributed by atoms with Crippen LogP contribution in [0.5, 0.6) is 0 Å². The molecule has 1 aromatic rings. The van der Waals surface area contributed by atoms with Gasteiger partial charge < -0.3 is 5.73 Å². The van der Waals surface area contributed by atoms with Crippen LogP contribution in [0.2, 0.25) is 5.02 Å². The van der Waals surface area contributed by atoms with Crippen molar-refractivity contribution in [2.24, 2.45) is 16.7 Å². The molecule has 1 aliphatic carbocycles. The van der Waals surface area contributed by atoms with Gasteiger partial charge in [0.15, 0.2) is 0 Å². The first-order chi connectivity index (χ1) is 9.41. The van der Waals surface area contributed by atoms with E-state index < -0.39 is 10.0 Å². The maximum Gasteiger partial charge on any atom is 0.240 e. The second-order valence-electron chi connectivity index (χ2n) is 6.97. The molecule has 0 unspecified atom stereocenters. The Balaban J connectivity index is 2.22. The zero-order valence-corrected chi connectivity index (χ0v) is 14.7. The van der Waals surface area contributed by atoms with Crippen molar-refractivity contribution in [3.05, 3.63) is 22.7 Å². The lowest BCUT2D eigenvalue weighted by molar-refractivity contribution is 0.457. The predicted molar refractivity (Wildman–Crippen MR) is 86.8 cm³/mol. The lowest BCUT2D eigenvalue weighted by atomic mass is 10.0. The Morgan fingerprint density at radius 2 is 1.76 bits per heavy atom. The smallest absolute Gasteiger partial charge is 0.240 e. The fourth-order valence-corrected chi connectivity index (χ4v) is 4.70. The Bertz CT molecular complexity index is 667. The highest BCUT2D eigenvalue weighted by molar-refractivity contribution is 7.89. The monoisotopic (exact) mass is 330 g/mol. The summed E-state index contributed by atoms with van der Waals surface area (Å²) in [6.45, 7) is 10.8. The van der Waals surface area contributed by atoms with Crippen LogP contribution >= 0.6 is 11.6 Å². The number of benzene rings is 1. The van der Waals surface area contributed by atoms with Crippen LogP contribution < -0.4 is 10.5 Å². The van der Waals surface area contributed by atoms with Crippen molar-refractivity contribution in [1.29, 1.82) is 0 Å². The molecular formula is C15H23ClN2O2S. The van der Waals surface area contributed by atoms with Crippen LogP contribution in [0, 0.1) is 23.7 Å².